The Kier molecular flexibility index (Phi) is 8.94. The van der Waals surface area contributed by atoms with E-state index in [0.717, 1.165) is 5.56 Å². The maximum atomic E-state index is 11.4. The predicted molar refractivity (Wildman–Crippen MR) is 73.5 cm³/mol. The van der Waals surface area contributed by atoms with Gasteiger partial charge in [-0.25, -0.2) is 9.59 Å². The summed E-state index contributed by atoms with van der Waals surface area (Å²) < 4.78 is 4.89. The highest BCUT2D eigenvalue weighted by Crippen LogP contribution is 2.01. The van der Waals surface area contributed by atoms with Crippen LogP contribution in [0.1, 0.15) is 12.5 Å². The van der Waals surface area contributed by atoms with Gasteiger partial charge in [0.15, 0.2) is 0 Å². The Hall–Kier alpha value is -2.61. The summed E-state index contributed by atoms with van der Waals surface area (Å²) in [5, 5.41) is 17.9. The van der Waals surface area contributed by atoms with Gasteiger partial charge in [-0.1, -0.05) is 30.3 Å². The zero-order chi connectivity index (χ0) is 16.3. The molecule has 0 saturated carbocycles. The lowest BCUT2D eigenvalue weighted by Gasteiger charge is -2.17. The van der Waals surface area contributed by atoms with E-state index in [1.165, 1.54) is 6.92 Å². The van der Waals surface area contributed by atoms with Crippen molar-refractivity contribution in [3.05, 3.63) is 35.9 Å². The fourth-order valence-electron chi connectivity index (χ4n) is 1.31. The zero-order valence-electron chi connectivity index (χ0n) is 11.4. The van der Waals surface area contributed by atoms with Gasteiger partial charge in [-0.05, 0) is 12.5 Å². The Bertz CT molecular complexity index is 449. The van der Waals surface area contributed by atoms with Crippen LogP contribution in [0.3, 0.4) is 0 Å². The summed E-state index contributed by atoms with van der Waals surface area (Å²) in [6.45, 7) is 1.33. The molecule has 5 N–H and O–H groups in total. The molecule has 0 heterocycles. The van der Waals surface area contributed by atoms with Crippen molar-refractivity contribution in [3.8, 4) is 0 Å². The molecule has 0 aliphatic rings. The minimum Gasteiger partial charge on any atom is -0.483 e. The molecule has 1 aromatic rings. The molecule has 0 radical (unpaired) electrons. The molecule has 2 atom stereocenters. The molecule has 0 saturated heterocycles. The Morgan fingerprint density at radius 2 is 1.90 bits per heavy atom. The Labute approximate surface area is 121 Å². The largest absolute Gasteiger partial charge is 0.483 e. The van der Waals surface area contributed by atoms with Crippen molar-refractivity contribution in [2.75, 3.05) is 0 Å². The number of nitrogens with one attached hydrogen (secondary N) is 1. The second-order valence-corrected chi connectivity index (χ2v) is 3.99. The lowest BCUT2D eigenvalue weighted by molar-refractivity contribution is -0.139. The number of amides is 1. The smallest absolute Gasteiger partial charge is 0.408 e. The summed E-state index contributed by atoms with van der Waals surface area (Å²) in [7, 11) is 0. The molecule has 0 spiro atoms. The number of hydrogen-bond donors (Lipinski definition) is 4. The summed E-state index contributed by atoms with van der Waals surface area (Å²) >= 11 is 0. The topological polar surface area (TPSA) is 139 Å². The Balaban J connectivity index is 0.00000122. The molecule has 116 valence electrons. The number of nitrogens with two attached hydrogens (primary N) is 1. The number of hydrogen-bond acceptors (Lipinski definition) is 5. The third-order valence-electron chi connectivity index (χ3n) is 2.28. The number of carbonyl (C=O) groups is 3. The maximum Gasteiger partial charge on any atom is 0.408 e. The minimum absolute atomic E-state index is 0.0813. The van der Waals surface area contributed by atoms with Gasteiger partial charge in [-0.15, -0.1) is 0 Å². The van der Waals surface area contributed by atoms with E-state index in [2.05, 4.69) is 5.32 Å². The Morgan fingerprint density at radius 1 is 1.38 bits per heavy atom. The second-order valence-electron chi connectivity index (χ2n) is 3.99. The molecule has 1 aromatic carbocycles. The van der Waals surface area contributed by atoms with Gasteiger partial charge in [0.1, 0.15) is 12.6 Å². The van der Waals surface area contributed by atoms with Gasteiger partial charge in [0.2, 0.25) is 0 Å². The first-order valence-corrected chi connectivity index (χ1v) is 5.95. The SMILES string of the molecule is CC(N)C(NC(=O)OCc1ccccc1)C(=O)O.O=CO. The third kappa shape index (κ3) is 8.22. The number of carboxylic acid groups (broad SMARTS) is 2. The number of benzene rings is 1. The van der Waals surface area contributed by atoms with Gasteiger partial charge in [0.25, 0.3) is 6.47 Å². The molecule has 8 heteroatoms. The molecule has 8 nitrogen and oxygen atoms in total. The molecule has 0 aromatic heterocycles. The zero-order valence-corrected chi connectivity index (χ0v) is 11.4. The highest BCUT2D eigenvalue weighted by molar-refractivity contribution is 5.80. The van der Waals surface area contributed by atoms with Crippen LogP contribution in [0.2, 0.25) is 0 Å². The molecule has 0 fully saturated rings. The number of carboxylic acids is 1. The summed E-state index contributed by atoms with van der Waals surface area (Å²) in [5.74, 6) is -1.19. The van der Waals surface area contributed by atoms with Crippen LogP contribution in [0.25, 0.3) is 0 Å². The molecular formula is C13H18N2O6. The van der Waals surface area contributed by atoms with Crippen LogP contribution in [0.4, 0.5) is 4.79 Å². The van der Waals surface area contributed by atoms with Crippen molar-refractivity contribution >= 4 is 18.5 Å². The van der Waals surface area contributed by atoms with Gasteiger partial charge < -0.3 is 26.0 Å². The quantitative estimate of drug-likeness (QED) is 0.577. The summed E-state index contributed by atoms with van der Waals surface area (Å²) in [6, 6.07) is 7.22. The minimum atomic E-state index is -1.19. The monoisotopic (exact) mass is 298 g/mol. The fourth-order valence-corrected chi connectivity index (χ4v) is 1.31. The molecule has 0 aliphatic heterocycles. The molecule has 1 amide bonds. The maximum absolute atomic E-state index is 11.4. The van der Waals surface area contributed by atoms with Gasteiger partial charge in [0, 0.05) is 6.04 Å². The van der Waals surface area contributed by atoms with Crippen LogP contribution in [0.5, 0.6) is 0 Å². The van der Waals surface area contributed by atoms with E-state index < -0.39 is 24.1 Å². The van der Waals surface area contributed by atoms with Crippen LogP contribution < -0.4 is 11.1 Å². The predicted octanol–water partition coefficient (Wildman–Crippen LogP) is 0.414. The lowest BCUT2D eigenvalue weighted by atomic mass is 10.1. The van der Waals surface area contributed by atoms with Crippen molar-refractivity contribution in [2.24, 2.45) is 5.73 Å². The van der Waals surface area contributed by atoms with Crippen LogP contribution in [-0.4, -0.2) is 40.8 Å². The fraction of sp³-hybridized carbons (Fsp3) is 0.308. The van der Waals surface area contributed by atoms with Crippen molar-refractivity contribution in [2.45, 2.75) is 25.6 Å². The van der Waals surface area contributed by atoms with E-state index in [1.807, 2.05) is 18.2 Å². The number of carbonyl (C=O) groups excluding carboxylic acids is 1. The van der Waals surface area contributed by atoms with Crippen molar-refractivity contribution in [1.82, 2.24) is 5.32 Å². The van der Waals surface area contributed by atoms with E-state index in [-0.39, 0.29) is 13.1 Å². The lowest BCUT2D eigenvalue weighted by Crippen LogP contribution is -2.51. The summed E-state index contributed by atoms with van der Waals surface area (Å²) in [4.78, 5) is 30.5. The first-order chi connectivity index (χ1) is 9.92. The van der Waals surface area contributed by atoms with E-state index in [1.54, 1.807) is 12.1 Å². The average Bonchev–Trinajstić information content (AvgIpc) is 2.44. The van der Waals surface area contributed by atoms with Crippen molar-refractivity contribution in [1.29, 1.82) is 0 Å². The highest BCUT2D eigenvalue weighted by atomic mass is 16.5. The van der Waals surface area contributed by atoms with Gasteiger partial charge in [0.05, 0.1) is 0 Å². The van der Waals surface area contributed by atoms with E-state index in [9.17, 15) is 9.59 Å². The average molecular weight is 298 g/mol. The van der Waals surface area contributed by atoms with Crippen molar-refractivity contribution in [3.63, 3.8) is 0 Å². The number of rotatable bonds is 5. The van der Waals surface area contributed by atoms with Crippen LogP contribution in [0, 0.1) is 0 Å². The van der Waals surface area contributed by atoms with Crippen molar-refractivity contribution < 1.29 is 29.3 Å². The van der Waals surface area contributed by atoms with Crippen LogP contribution in [-0.2, 0) is 20.9 Å². The van der Waals surface area contributed by atoms with E-state index in [4.69, 9.17) is 25.5 Å². The molecule has 2 unspecified atom stereocenters. The van der Waals surface area contributed by atoms with E-state index >= 15 is 0 Å². The number of alkyl carbamates (subject to hydrolysis) is 1. The first-order valence-electron chi connectivity index (χ1n) is 5.95. The van der Waals surface area contributed by atoms with Crippen LogP contribution in [0.15, 0.2) is 30.3 Å². The van der Waals surface area contributed by atoms with Gasteiger partial charge in [-0.3, -0.25) is 4.79 Å². The standard InChI is InChI=1S/C12H16N2O4.CH2O2/c1-8(13)10(11(15)16)14-12(17)18-7-9-5-3-2-4-6-9;2-1-3/h2-6,8,10H,7,13H2,1H3,(H,14,17)(H,15,16);1H,(H,2,3). The Morgan fingerprint density at radius 3 is 2.33 bits per heavy atom. The summed E-state index contributed by atoms with van der Waals surface area (Å²) in [5.41, 5.74) is 6.26. The summed E-state index contributed by atoms with van der Waals surface area (Å²) in [6.07, 6.45) is -0.802. The first kappa shape index (κ1) is 18.4. The normalized spacial score (nSPS) is 12.1. The molecule has 21 heavy (non-hydrogen) atoms. The molecule has 1 rings (SSSR count). The number of aliphatic carboxylic acids is 1. The molecular weight excluding hydrogens is 280 g/mol. The molecule has 0 aliphatic carbocycles. The second kappa shape index (κ2) is 10.2. The van der Waals surface area contributed by atoms with Gasteiger partial charge in [-0.2, -0.15) is 0 Å². The third-order valence-corrected chi connectivity index (χ3v) is 2.28. The van der Waals surface area contributed by atoms with Gasteiger partial charge >= 0.3 is 12.1 Å². The number of ether oxygens (including phenoxy) is 1. The van der Waals surface area contributed by atoms with Crippen LogP contribution >= 0.6 is 0 Å². The molecule has 0 bridgehead atoms. The highest BCUT2D eigenvalue weighted by Gasteiger charge is 2.24. The van der Waals surface area contributed by atoms with E-state index in [0.29, 0.717) is 0 Å².